The van der Waals surface area contributed by atoms with Crippen LogP contribution in [0.3, 0.4) is 0 Å². The van der Waals surface area contributed by atoms with Crippen molar-refractivity contribution in [2.24, 2.45) is 0 Å². The minimum atomic E-state index is 0.806. The lowest BCUT2D eigenvalue weighted by Crippen LogP contribution is -2.16. The lowest BCUT2D eigenvalue weighted by Gasteiger charge is -2.04. The molecule has 1 nitrogen and oxygen atoms in total. The van der Waals surface area contributed by atoms with Gasteiger partial charge in [0.25, 0.3) is 0 Å². The fourth-order valence-corrected chi connectivity index (χ4v) is 3.10. The second-order valence-electron chi connectivity index (χ2n) is 6.74. The SMILES string of the molecule is CCCCCCCCCCCCCCCCNCCCCCl. The van der Waals surface area contributed by atoms with Gasteiger partial charge in [0.1, 0.15) is 0 Å². The van der Waals surface area contributed by atoms with Crippen molar-refractivity contribution < 1.29 is 0 Å². The summed E-state index contributed by atoms with van der Waals surface area (Å²) < 4.78 is 0. The Morgan fingerprint density at radius 2 is 0.864 bits per heavy atom. The molecule has 0 bridgehead atoms. The fourth-order valence-electron chi connectivity index (χ4n) is 2.91. The molecule has 2 heteroatoms. The van der Waals surface area contributed by atoms with E-state index in [0.29, 0.717) is 0 Å². The minimum absolute atomic E-state index is 0.806. The van der Waals surface area contributed by atoms with Crippen LogP contribution in [0.1, 0.15) is 110 Å². The first-order valence-electron chi connectivity index (χ1n) is 10.2. The summed E-state index contributed by atoms with van der Waals surface area (Å²) in [6.07, 6.45) is 22.5. The molecule has 0 heterocycles. The van der Waals surface area contributed by atoms with E-state index in [1.165, 1.54) is 103 Å². The number of halogens is 1. The van der Waals surface area contributed by atoms with Gasteiger partial charge in [-0.2, -0.15) is 0 Å². The smallest absolute Gasteiger partial charge is 0.0223 e. The van der Waals surface area contributed by atoms with Gasteiger partial charge in [-0.3, -0.25) is 0 Å². The van der Waals surface area contributed by atoms with Gasteiger partial charge in [-0.05, 0) is 32.4 Å². The highest BCUT2D eigenvalue weighted by Gasteiger charge is 1.94. The van der Waals surface area contributed by atoms with E-state index in [1.54, 1.807) is 0 Å². The van der Waals surface area contributed by atoms with Crippen molar-refractivity contribution in [3.8, 4) is 0 Å². The number of unbranched alkanes of at least 4 members (excludes halogenated alkanes) is 14. The Labute approximate surface area is 146 Å². The summed E-state index contributed by atoms with van der Waals surface area (Å²) in [6.45, 7) is 4.63. The summed E-state index contributed by atoms with van der Waals surface area (Å²) >= 11 is 5.65. The molecule has 0 fully saturated rings. The molecule has 0 amide bonds. The van der Waals surface area contributed by atoms with E-state index in [0.717, 1.165) is 18.8 Å². The summed E-state index contributed by atoms with van der Waals surface area (Å²) in [5.74, 6) is 0.806. The Morgan fingerprint density at radius 3 is 1.27 bits per heavy atom. The van der Waals surface area contributed by atoms with Crippen molar-refractivity contribution in [3.05, 3.63) is 0 Å². The maximum absolute atomic E-state index is 5.65. The van der Waals surface area contributed by atoms with Crippen LogP contribution in [0.2, 0.25) is 0 Å². The Hall–Kier alpha value is 0.250. The molecule has 0 aromatic rings. The van der Waals surface area contributed by atoms with Crippen LogP contribution in [-0.2, 0) is 0 Å². The van der Waals surface area contributed by atoms with Gasteiger partial charge in [-0.15, -0.1) is 11.6 Å². The highest BCUT2D eigenvalue weighted by molar-refractivity contribution is 6.17. The van der Waals surface area contributed by atoms with Crippen molar-refractivity contribution in [1.82, 2.24) is 5.32 Å². The van der Waals surface area contributed by atoms with Crippen LogP contribution in [0, 0.1) is 0 Å². The zero-order chi connectivity index (χ0) is 16.1. The quantitative estimate of drug-likeness (QED) is 0.197. The Kier molecular flexibility index (Phi) is 21.5. The molecule has 0 radical (unpaired) electrons. The molecular formula is C20H42ClN. The second-order valence-corrected chi connectivity index (χ2v) is 7.12. The zero-order valence-electron chi connectivity index (χ0n) is 15.3. The van der Waals surface area contributed by atoms with Crippen LogP contribution in [0.5, 0.6) is 0 Å². The first-order valence-corrected chi connectivity index (χ1v) is 10.7. The van der Waals surface area contributed by atoms with Gasteiger partial charge < -0.3 is 5.32 Å². The summed E-state index contributed by atoms with van der Waals surface area (Å²) in [7, 11) is 0. The third kappa shape index (κ3) is 20.2. The van der Waals surface area contributed by atoms with E-state index in [2.05, 4.69) is 12.2 Å². The van der Waals surface area contributed by atoms with E-state index >= 15 is 0 Å². The molecule has 0 aliphatic heterocycles. The van der Waals surface area contributed by atoms with E-state index in [1.807, 2.05) is 0 Å². The molecule has 0 unspecified atom stereocenters. The van der Waals surface area contributed by atoms with Crippen LogP contribution in [0.25, 0.3) is 0 Å². The van der Waals surface area contributed by atoms with E-state index in [-0.39, 0.29) is 0 Å². The largest absolute Gasteiger partial charge is 0.317 e. The molecule has 0 saturated carbocycles. The van der Waals surface area contributed by atoms with Gasteiger partial charge >= 0.3 is 0 Å². The van der Waals surface area contributed by atoms with E-state index in [4.69, 9.17) is 11.6 Å². The molecule has 0 aliphatic rings. The predicted molar refractivity (Wildman–Crippen MR) is 103 cm³/mol. The van der Waals surface area contributed by atoms with Crippen LogP contribution in [-0.4, -0.2) is 19.0 Å². The monoisotopic (exact) mass is 331 g/mol. The van der Waals surface area contributed by atoms with Gasteiger partial charge in [-0.25, -0.2) is 0 Å². The predicted octanol–water partition coefficient (Wildman–Crippen LogP) is 7.08. The van der Waals surface area contributed by atoms with Gasteiger partial charge in [0.2, 0.25) is 0 Å². The van der Waals surface area contributed by atoms with Gasteiger partial charge in [0, 0.05) is 5.88 Å². The highest BCUT2D eigenvalue weighted by Crippen LogP contribution is 2.12. The van der Waals surface area contributed by atoms with Crippen LogP contribution in [0.4, 0.5) is 0 Å². The second kappa shape index (κ2) is 21.2. The number of alkyl halides is 1. The number of nitrogens with one attached hydrogen (secondary N) is 1. The van der Waals surface area contributed by atoms with Gasteiger partial charge in [0.15, 0.2) is 0 Å². The van der Waals surface area contributed by atoms with Crippen molar-refractivity contribution >= 4 is 11.6 Å². The molecule has 0 saturated heterocycles. The topological polar surface area (TPSA) is 12.0 Å². The normalized spacial score (nSPS) is 11.2. The molecule has 0 rings (SSSR count). The molecule has 0 aromatic carbocycles. The third-order valence-corrected chi connectivity index (χ3v) is 4.71. The van der Waals surface area contributed by atoms with Crippen LogP contribution < -0.4 is 5.32 Å². The molecule has 0 aliphatic carbocycles. The molecule has 134 valence electrons. The Bertz CT molecular complexity index is 165. The lowest BCUT2D eigenvalue weighted by molar-refractivity contribution is 0.528. The van der Waals surface area contributed by atoms with E-state index < -0.39 is 0 Å². The Morgan fingerprint density at radius 1 is 0.500 bits per heavy atom. The molecule has 0 aromatic heterocycles. The molecule has 22 heavy (non-hydrogen) atoms. The zero-order valence-corrected chi connectivity index (χ0v) is 16.1. The van der Waals surface area contributed by atoms with Crippen LogP contribution in [0.15, 0.2) is 0 Å². The number of rotatable bonds is 19. The molecule has 1 N–H and O–H groups in total. The van der Waals surface area contributed by atoms with Crippen molar-refractivity contribution in [3.63, 3.8) is 0 Å². The minimum Gasteiger partial charge on any atom is -0.317 e. The first-order chi connectivity index (χ1) is 10.9. The number of hydrogen-bond donors (Lipinski definition) is 1. The maximum Gasteiger partial charge on any atom is 0.0223 e. The Balaban J connectivity index is 2.91. The van der Waals surface area contributed by atoms with Gasteiger partial charge in [-0.1, -0.05) is 90.4 Å². The van der Waals surface area contributed by atoms with Gasteiger partial charge in [0.05, 0.1) is 0 Å². The lowest BCUT2D eigenvalue weighted by atomic mass is 10.0. The summed E-state index contributed by atoms with van der Waals surface area (Å²) in [5, 5.41) is 3.50. The highest BCUT2D eigenvalue weighted by atomic mass is 35.5. The molecule has 0 atom stereocenters. The number of hydrogen-bond acceptors (Lipinski definition) is 1. The standard InChI is InChI=1S/C20H42ClN/c1-2-3-4-5-6-7-8-9-10-11-12-13-14-16-19-22-20-17-15-18-21/h22H,2-20H2,1H3. The summed E-state index contributed by atoms with van der Waals surface area (Å²) in [5.41, 5.74) is 0. The summed E-state index contributed by atoms with van der Waals surface area (Å²) in [4.78, 5) is 0. The first kappa shape index (κ1) is 22.2. The average Bonchev–Trinajstić information content (AvgIpc) is 2.54. The molecule has 0 spiro atoms. The fraction of sp³-hybridized carbons (Fsp3) is 1.00. The van der Waals surface area contributed by atoms with Crippen molar-refractivity contribution in [2.75, 3.05) is 19.0 Å². The third-order valence-electron chi connectivity index (χ3n) is 4.44. The van der Waals surface area contributed by atoms with E-state index in [9.17, 15) is 0 Å². The van der Waals surface area contributed by atoms with Crippen molar-refractivity contribution in [1.29, 1.82) is 0 Å². The molecular weight excluding hydrogens is 290 g/mol. The maximum atomic E-state index is 5.65. The van der Waals surface area contributed by atoms with Crippen LogP contribution >= 0.6 is 11.6 Å². The average molecular weight is 332 g/mol. The summed E-state index contributed by atoms with van der Waals surface area (Å²) in [6, 6.07) is 0. The van der Waals surface area contributed by atoms with Crippen molar-refractivity contribution in [2.45, 2.75) is 110 Å².